The van der Waals surface area contributed by atoms with E-state index in [0.717, 1.165) is 0 Å². The molecule has 0 bridgehead atoms. The van der Waals surface area contributed by atoms with E-state index >= 15 is 0 Å². The highest BCUT2D eigenvalue weighted by molar-refractivity contribution is 5.99. The molecule has 0 N–H and O–H groups in total. The minimum Gasteiger partial charge on any atom is -0.469 e. The van der Waals surface area contributed by atoms with E-state index in [4.69, 9.17) is 4.74 Å². The van der Waals surface area contributed by atoms with Gasteiger partial charge in [-0.25, -0.2) is 0 Å². The van der Waals surface area contributed by atoms with Crippen molar-refractivity contribution in [2.45, 2.75) is 12.8 Å². The minimum absolute atomic E-state index is 0.164. The average molecular weight is 264 g/mol. The first-order valence-corrected chi connectivity index (χ1v) is 6.75. The number of fused-ring (bicyclic) bond motifs is 2. The van der Waals surface area contributed by atoms with Gasteiger partial charge in [0.25, 0.3) is 0 Å². The smallest absolute Gasteiger partial charge is 0.305 e. The van der Waals surface area contributed by atoms with Crippen molar-refractivity contribution in [3.8, 4) is 0 Å². The molecule has 0 aliphatic rings. The Kier molecular flexibility index (Phi) is 3.38. The van der Waals surface area contributed by atoms with Crippen LogP contribution in [-0.2, 0) is 16.0 Å². The first-order valence-electron chi connectivity index (χ1n) is 6.75. The van der Waals surface area contributed by atoms with Gasteiger partial charge in [-0.05, 0) is 45.7 Å². The van der Waals surface area contributed by atoms with Crippen LogP contribution < -0.4 is 0 Å². The van der Waals surface area contributed by atoms with E-state index < -0.39 is 0 Å². The molecule has 0 atom stereocenters. The second-order valence-electron chi connectivity index (χ2n) is 4.91. The van der Waals surface area contributed by atoms with E-state index in [2.05, 4.69) is 42.5 Å². The van der Waals surface area contributed by atoms with Crippen molar-refractivity contribution in [1.29, 1.82) is 0 Å². The lowest BCUT2D eigenvalue weighted by atomic mass is 9.97. The molecule has 0 aromatic heterocycles. The first kappa shape index (κ1) is 12.7. The molecule has 0 unspecified atom stereocenters. The Hall–Kier alpha value is -2.35. The maximum atomic E-state index is 11.3. The number of aryl methyl sites for hydroxylation is 1. The van der Waals surface area contributed by atoms with Crippen LogP contribution in [0.1, 0.15) is 12.0 Å². The number of rotatable bonds is 3. The monoisotopic (exact) mass is 264 g/mol. The van der Waals surface area contributed by atoms with Gasteiger partial charge in [-0.15, -0.1) is 0 Å². The summed E-state index contributed by atoms with van der Waals surface area (Å²) in [7, 11) is 1.43. The SMILES string of the molecule is COC(=O)CCc1cccc2cc3ccccc3cc12. The zero-order valence-corrected chi connectivity index (χ0v) is 11.4. The lowest BCUT2D eigenvalue weighted by Gasteiger charge is -2.08. The van der Waals surface area contributed by atoms with Crippen LogP contribution in [0.5, 0.6) is 0 Å². The van der Waals surface area contributed by atoms with Crippen LogP contribution in [0.25, 0.3) is 21.5 Å². The molecule has 2 nitrogen and oxygen atoms in total. The fourth-order valence-corrected chi connectivity index (χ4v) is 2.59. The molecule has 3 rings (SSSR count). The van der Waals surface area contributed by atoms with Crippen molar-refractivity contribution in [2.75, 3.05) is 7.11 Å². The highest BCUT2D eigenvalue weighted by atomic mass is 16.5. The third-order valence-electron chi connectivity index (χ3n) is 3.66. The van der Waals surface area contributed by atoms with E-state index in [1.165, 1.54) is 34.2 Å². The van der Waals surface area contributed by atoms with E-state index in [0.29, 0.717) is 12.8 Å². The fourth-order valence-electron chi connectivity index (χ4n) is 2.59. The number of hydrogen-bond acceptors (Lipinski definition) is 2. The molecular weight excluding hydrogens is 248 g/mol. The average Bonchev–Trinajstić information content (AvgIpc) is 2.50. The summed E-state index contributed by atoms with van der Waals surface area (Å²) in [4.78, 5) is 11.3. The second kappa shape index (κ2) is 5.33. The van der Waals surface area contributed by atoms with Gasteiger partial charge >= 0.3 is 5.97 Å². The molecule has 0 aliphatic heterocycles. The summed E-state index contributed by atoms with van der Waals surface area (Å²) in [5.74, 6) is -0.164. The highest BCUT2D eigenvalue weighted by Gasteiger charge is 2.06. The largest absolute Gasteiger partial charge is 0.469 e. The Bertz CT molecular complexity index is 775. The zero-order chi connectivity index (χ0) is 13.9. The number of ether oxygens (including phenoxy) is 1. The predicted octanol–water partition coefficient (Wildman–Crippen LogP) is 4.10. The van der Waals surface area contributed by atoms with Crippen molar-refractivity contribution in [3.05, 3.63) is 60.2 Å². The van der Waals surface area contributed by atoms with E-state index in [1.54, 1.807) is 0 Å². The number of carbonyl (C=O) groups is 1. The molecule has 20 heavy (non-hydrogen) atoms. The maximum Gasteiger partial charge on any atom is 0.305 e. The zero-order valence-electron chi connectivity index (χ0n) is 11.4. The molecular formula is C18H16O2. The molecule has 0 amide bonds. The molecule has 0 saturated carbocycles. The predicted molar refractivity (Wildman–Crippen MR) is 81.8 cm³/mol. The highest BCUT2D eigenvalue weighted by Crippen LogP contribution is 2.26. The number of benzene rings is 3. The lowest BCUT2D eigenvalue weighted by molar-refractivity contribution is -0.140. The number of carbonyl (C=O) groups excluding carboxylic acids is 1. The van der Waals surface area contributed by atoms with Crippen molar-refractivity contribution in [1.82, 2.24) is 0 Å². The van der Waals surface area contributed by atoms with Gasteiger partial charge in [0, 0.05) is 6.42 Å². The summed E-state index contributed by atoms with van der Waals surface area (Å²) in [5.41, 5.74) is 1.19. The molecule has 0 radical (unpaired) electrons. The van der Waals surface area contributed by atoms with Gasteiger partial charge in [0.15, 0.2) is 0 Å². The second-order valence-corrected chi connectivity index (χ2v) is 4.91. The number of hydrogen-bond donors (Lipinski definition) is 0. The Balaban J connectivity index is 2.08. The van der Waals surface area contributed by atoms with Gasteiger partial charge in [-0.1, -0.05) is 42.5 Å². The molecule has 0 saturated heterocycles. The maximum absolute atomic E-state index is 11.3. The van der Waals surface area contributed by atoms with E-state index in [1.807, 2.05) is 12.1 Å². The van der Waals surface area contributed by atoms with Crippen LogP contribution in [0.2, 0.25) is 0 Å². The van der Waals surface area contributed by atoms with E-state index in [-0.39, 0.29) is 5.97 Å². The van der Waals surface area contributed by atoms with Crippen LogP contribution >= 0.6 is 0 Å². The minimum atomic E-state index is -0.164. The summed E-state index contributed by atoms with van der Waals surface area (Å²) < 4.78 is 4.72. The van der Waals surface area contributed by atoms with Gasteiger partial charge in [0.05, 0.1) is 7.11 Å². The topological polar surface area (TPSA) is 26.3 Å². The molecule has 3 aromatic rings. The van der Waals surface area contributed by atoms with Crippen LogP contribution in [0.3, 0.4) is 0 Å². The standard InChI is InChI=1S/C18H16O2/c1-20-18(19)10-9-13-7-4-8-16-11-14-5-2-3-6-15(14)12-17(13)16/h2-8,11-12H,9-10H2,1H3. The number of esters is 1. The van der Waals surface area contributed by atoms with Gasteiger partial charge < -0.3 is 4.74 Å². The van der Waals surface area contributed by atoms with Gasteiger partial charge in [-0.2, -0.15) is 0 Å². The third-order valence-corrected chi connectivity index (χ3v) is 3.66. The van der Waals surface area contributed by atoms with Crippen LogP contribution in [0.15, 0.2) is 54.6 Å². The van der Waals surface area contributed by atoms with Crippen LogP contribution in [-0.4, -0.2) is 13.1 Å². The molecule has 0 aliphatic carbocycles. The van der Waals surface area contributed by atoms with Gasteiger partial charge in [0.1, 0.15) is 0 Å². The van der Waals surface area contributed by atoms with Gasteiger partial charge in [0.2, 0.25) is 0 Å². The summed E-state index contributed by atoms with van der Waals surface area (Å²) in [6.45, 7) is 0. The fraction of sp³-hybridized carbons (Fsp3) is 0.167. The lowest BCUT2D eigenvalue weighted by Crippen LogP contribution is -2.02. The summed E-state index contributed by atoms with van der Waals surface area (Å²) in [6.07, 6.45) is 1.13. The van der Waals surface area contributed by atoms with Crippen LogP contribution in [0.4, 0.5) is 0 Å². The summed E-state index contributed by atoms with van der Waals surface area (Å²) in [6, 6.07) is 19.0. The Morgan fingerprint density at radius 1 is 0.950 bits per heavy atom. The van der Waals surface area contributed by atoms with Gasteiger partial charge in [-0.3, -0.25) is 4.79 Å². The molecule has 0 spiro atoms. The normalized spacial score (nSPS) is 10.8. The molecule has 100 valence electrons. The third kappa shape index (κ3) is 2.37. The molecule has 0 fully saturated rings. The summed E-state index contributed by atoms with van der Waals surface area (Å²) >= 11 is 0. The Labute approximate surface area is 118 Å². The van der Waals surface area contributed by atoms with Crippen molar-refractivity contribution >= 4 is 27.5 Å². The first-order chi connectivity index (χ1) is 9.78. The number of methoxy groups -OCH3 is 1. The van der Waals surface area contributed by atoms with Crippen molar-refractivity contribution in [2.24, 2.45) is 0 Å². The molecule has 0 heterocycles. The Morgan fingerprint density at radius 3 is 2.40 bits per heavy atom. The van der Waals surface area contributed by atoms with Crippen LogP contribution in [0, 0.1) is 0 Å². The van der Waals surface area contributed by atoms with E-state index in [9.17, 15) is 4.79 Å². The summed E-state index contributed by atoms with van der Waals surface area (Å²) in [5, 5.41) is 4.90. The van der Waals surface area contributed by atoms with Crippen molar-refractivity contribution in [3.63, 3.8) is 0 Å². The van der Waals surface area contributed by atoms with Crippen molar-refractivity contribution < 1.29 is 9.53 Å². The Morgan fingerprint density at radius 2 is 1.65 bits per heavy atom. The molecule has 2 heteroatoms. The molecule has 3 aromatic carbocycles. The quantitative estimate of drug-likeness (QED) is 0.526.